The van der Waals surface area contributed by atoms with Crippen molar-refractivity contribution in [2.45, 2.75) is 12.6 Å². The number of ether oxygens (including phenoxy) is 1. The monoisotopic (exact) mass is 420 g/mol. The average molecular weight is 421 g/mol. The van der Waals surface area contributed by atoms with E-state index in [1.165, 1.54) is 0 Å². The Hall–Kier alpha value is -3.35. The smallest absolute Gasteiger partial charge is 0.246 e. The molecule has 0 radical (unpaired) electrons. The maximum Gasteiger partial charge on any atom is 0.246 e. The number of anilines is 1. The maximum atomic E-state index is 13.1. The first kappa shape index (κ1) is 19.9. The van der Waals surface area contributed by atoms with Crippen LogP contribution in [0.5, 0.6) is 5.75 Å². The fourth-order valence-corrected chi connectivity index (χ4v) is 3.50. The number of halogens is 1. The normalized spacial score (nSPS) is 11.9. The first-order chi connectivity index (χ1) is 14.6. The largest absolute Gasteiger partial charge is 0.495 e. The summed E-state index contributed by atoms with van der Waals surface area (Å²) in [4.78, 5) is 17.7. The molecule has 1 amide bonds. The van der Waals surface area contributed by atoms with Crippen molar-refractivity contribution >= 4 is 28.8 Å². The van der Waals surface area contributed by atoms with E-state index in [1.807, 2.05) is 65.3 Å². The van der Waals surface area contributed by atoms with Gasteiger partial charge >= 0.3 is 0 Å². The van der Waals surface area contributed by atoms with E-state index >= 15 is 0 Å². The molecule has 2 aromatic carbocycles. The van der Waals surface area contributed by atoms with E-state index < -0.39 is 6.04 Å². The third kappa shape index (κ3) is 4.45. The highest BCUT2D eigenvalue weighted by Crippen LogP contribution is 2.28. The number of pyridine rings is 1. The van der Waals surface area contributed by atoms with Gasteiger partial charge in [-0.3, -0.25) is 10.1 Å². The van der Waals surface area contributed by atoms with Gasteiger partial charge < -0.3 is 14.5 Å². The molecule has 2 heterocycles. The first-order valence-corrected chi connectivity index (χ1v) is 9.87. The lowest BCUT2D eigenvalue weighted by Gasteiger charge is -2.19. The van der Waals surface area contributed by atoms with E-state index in [0.29, 0.717) is 23.0 Å². The predicted molar refractivity (Wildman–Crippen MR) is 118 cm³/mol. The third-order valence-corrected chi connectivity index (χ3v) is 5.01. The number of rotatable bonds is 7. The lowest BCUT2D eigenvalue weighted by atomic mass is 10.1. The van der Waals surface area contributed by atoms with E-state index in [0.717, 1.165) is 16.9 Å². The van der Waals surface area contributed by atoms with Crippen LogP contribution in [0.4, 0.5) is 5.69 Å². The molecule has 2 N–H and O–H groups in total. The summed E-state index contributed by atoms with van der Waals surface area (Å²) >= 11 is 6.19. The standard InChI is InChI=1S/C23H21ClN4O2/c1-30-20-11-10-17(13-19(20)24)27-23(29)22(16-7-3-2-4-8-16)25-14-18-15-28-12-6-5-9-21(28)26-18/h2-13,15,22,25H,14H2,1H3,(H,27,29)/t22-/m0/s1. The van der Waals surface area contributed by atoms with Crippen LogP contribution in [-0.2, 0) is 11.3 Å². The van der Waals surface area contributed by atoms with Crippen LogP contribution in [0.1, 0.15) is 17.3 Å². The van der Waals surface area contributed by atoms with Gasteiger partial charge in [-0.25, -0.2) is 4.98 Å². The zero-order valence-corrected chi connectivity index (χ0v) is 17.1. The number of aromatic nitrogens is 2. The Bertz CT molecular complexity index is 1130. The number of carbonyl (C=O) groups excluding carboxylic acids is 1. The number of nitrogens with one attached hydrogen (secondary N) is 2. The summed E-state index contributed by atoms with van der Waals surface area (Å²) in [5, 5.41) is 6.69. The molecule has 0 saturated heterocycles. The third-order valence-electron chi connectivity index (χ3n) is 4.72. The van der Waals surface area contributed by atoms with Gasteiger partial charge in [0.2, 0.25) is 5.91 Å². The Kier molecular flexibility index (Phi) is 5.97. The summed E-state index contributed by atoms with van der Waals surface area (Å²) in [5.41, 5.74) is 3.17. The highest BCUT2D eigenvalue weighted by atomic mass is 35.5. The molecule has 30 heavy (non-hydrogen) atoms. The maximum absolute atomic E-state index is 13.1. The van der Waals surface area contributed by atoms with Crippen molar-refractivity contribution in [2.75, 3.05) is 12.4 Å². The van der Waals surface area contributed by atoms with Gasteiger partial charge in [0.05, 0.1) is 17.8 Å². The second kappa shape index (κ2) is 8.98. The van der Waals surface area contributed by atoms with Gasteiger partial charge in [0.1, 0.15) is 17.4 Å². The lowest BCUT2D eigenvalue weighted by Crippen LogP contribution is -2.32. The molecule has 0 unspecified atom stereocenters. The second-order valence-electron chi connectivity index (χ2n) is 6.76. The number of imidazole rings is 1. The van der Waals surface area contributed by atoms with Crippen molar-refractivity contribution in [3.05, 3.63) is 95.4 Å². The predicted octanol–water partition coefficient (Wildman–Crippen LogP) is 4.47. The van der Waals surface area contributed by atoms with Crippen LogP contribution in [0.15, 0.2) is 79.1 Å². The van der Waals surface area contributed by atoms with Gasteiger partial charge in [-0.1, -0.05) is 48.0 Å². The molecule has 0 aliphatic carbocycles. The van der Waals surface area contributed by atoms with E-state index in [4.69, 9.17) is 16.3 Å². The summed E-state index contributed by atoms with van der Waals surface area (Å²) in [6, 6.07) is 20.0. The van der Waals surface area contributed by atoms with Crippen LogP contribution in [0.25, 0.3) is 5.65 Å². The van der Waals surface area contributed by atoms with Gasteiger partial charge in [0.25, 0.3) is 0 Å². The van der Waals surface area contributed by atoms with E-state index in [2.05, 4.69) is 15.6 Å². The van der Waals surface area contributed by atoms with E-state index in [9.17, 15) is 4.79 Å². The number of fused-ring (bicyclic) bond motifs is 1. The van der Waals surface area contributed by atoms with Crippen LogP contribution in [0.3, 0.4) is 0 Å². The van der Waals surface area contributed by atoms with Crippen LogP contribution in [0.2, 0.25) is 5.02 Å². The number of amides is 1. The highest BCUT2D eigenvalue weighted by molar-refractivity contribution is 6.32. The SMILES string of the molecule is COc1ccc(NC(=O)[C@@H](NCc2cn3ccccc3n2)c2ccccc2)cc1Cl. The second-order valence-corrected chi connectivity index (χ2v) is 7.17. The molecule has 0 spiro atoms. The van der Waals surface area contributed by atoms with Gasteiger partial charge in [-0.15, -0.1) is 0 Å². The number of methoxy groups -OCH3 is 1. The lowest BCUT2D eigenvalue weighted by molar-refractivity contribution is -0.118. The molecule has 0 aliphatic rings. The number of hydrogen-bond donors (Lipinski definition) is 2. The van der Waals surface area contributed by atoms with Gasteiger partial charge in [0, 0.05) is 24.6 Å². The summed E-state index contributed by atoms with van der Waals surface area (Å²) < 4.78 is 7.12. The molecule has 4 aromatic rings. The molecule has 2 aromatic heterocycles. The zero-order chi connectivity index (χ0) is 20.9. The summed E-state index contributed by atoms with van der Waals surface area (Å²) in [6.07, 6.45) is 3.90. The molecule has 152 valence electrons. The van der Waals surface area contributed by atoms with E-state index in [-0.39, 0.29) is 5.91 Å². The van der Waals surface area contributed by atoms with Gasteiger partial charge in [-0.2, -0.15) is 0 Å². The Morgan fingerprint density at radius 1 is 1.13 bits per heavy atom. The number of hydrogen-bond acceptors (Lipinski definition) is 4. The van der Waals surface area contributed by atoms with Crippen LogP contribution in [0, 0.1) is 0 Å². The van der Waals surface area contributed by atoms with Crippen molar-refractivity contribution < 1.29 is 9.53 Å². The van der Waals surface area contributed by atoms with Gasteiger partial charge in [-0.05, 0) is 35.9 Å². The zero-order valence-electron chi connectivity index (χ0n) is 16.4. The average Bonchev–Trinajstić information content (AvgIpc) is 3.18. The molecule has 1 atom stereocenters. The number of benzene rings is 2. The van der Waals surface area contributed by atoms with Crippen LogP contribution in [-0.4, -0.2) is 22.4 Å². The van der Waals surface area contributed by atoms with Crippen molar-refractivity contribution in [3.8, 4) is 5.75 Å². The van der Waals surface area contributed by atoms with E-state index in [1.54, 1.807) is 25.3 Å². The Balaban J connectivity index is 1.53. The minimum atomic E-state index is -0.558. The summed E-state index contributed by atoms with van der Waals surface area (Å²) in [7, 11) is 1.55. The van der Waals surface area contributed by atoms with Crippen molar-refractivity contribution in [2.24, 2.45) is 0 Å². The Morgan fingerprint density at radius 3 is 2.67 bits per heavy atom. The fraction of sp³-hybridized carbons (Fsp3) is 0.130. The molecular weight excluding hydrogens is 400 g/mol. The Labute approximate surface area is 179 Å². The molecule has 4 rings (SSSR count). The summed E-state index contributed by atoms with van der Waals surface area (Å²) in [5.74, 6) is 0.366. The topological polar surface area (TPSA) is 67.7 Å². The number of nitrogens with zero attached hydrogens (tertiary/aromatic N) is 2. The van der Waals surface area contributed by atoms with Crippen LogP contribution >= 0.6 is 11.6 Å². The minimum Gasteiger partial charge on any atom is -0.495 e. The minimum absolute atomic E-state index is 0.189. The molecule has 0 bridgehead atoms. The molecule has 0 aliphatic heterocycles. The highest BCUT2D eigenvalue weighted by Gasteiger charge is 2.21. The Morgan fingerprint density at radius 2 is 1.93 bits per heavy atom. The quantitative estimate of drug-likeness (QED) is 0.463. The van der Waals surface area contributed by atoms with Crippen molar-refractivity contribution in [1.82, 2.24) is 14.7 Å². The van der Waals surface area contributed by atoms with Crippen molar-refractivity contribution in [1.29, 1.82) is 0 Å². The van der Waals surface area contributed by atoms with Gasteiger partial charge in [0.15, 0.2) is 0 Å². The number of carbonyl (C=O) groups is 1. The molecule has 0 saturated carbocycles. The first-order valence-electron chi connectivity index (χ1n) is 9.49. The molecular formula is C23H21ClN4O2. The molecule has 0 fully saturated rings. The molecule has 6 nitrogen and oxygen atoms in total. The molecule has 7 heteroatoms. The summed E-state index contributed by atoms with van der Waals surface area (Å²) in [6.45, 7) is 0.442. The fourth-order valence-electron chi connectivity index (χ4n) is 3.24. The van der Waals surface area contributed by atoms with Crippen molar-refractivity contribution in [3.63, 3.8) is 0 Å². The van der Waals surface area contributed by atoms with Crippen LogP contribution < -0.4 is 15.4 Å².